The number of rotatable bonds is 2. The van der Waals surface area contributed by atoms with Crippen LogP contribution in [-0.4, -0.2) is 15.4 Å². The van der Waals surface area contributed by atoms with Crippen LogP contribution >= 0.6 is 0 Å². The van der Waals surface area contributed by atoms with Crippen LogP contribution in [0.3, 0.4) is 0 Å². The third kappa shape index (κ3) is 2.11. The Morgan fingerprint density at radius 2 is 1.86 bits per heavy atom. The predicted octanol–water partition coefficient (Wildman–Crippen LogP) is 3.71. The van der Waals surface area contributed by atoms with Crippen LogP contribution < -0.4 is 4.74 Å². The summed E-state index contributed by atoms with van der Waals surface area (Å²) < 4.78 is 7.29. The van der Waals surface area contributed by atoms with Gasteiger partial charge in [0.2, 0.25) is 0 Å². The van der Waals surface area contributed by atoms with Crippen molar-refractivity contribution in [3.8, 4) is 5.75 Å². The van der Waals surface area contributed by atoms with Gasteiger partial charge in [-0.15, -0.1) is 0 Å². The number of fused-ring (bicyclic) bond motifs is 2. The molecule has 2 aromatic carbocycles. The van der Waals surface area contributed by atoms with Crippen molar-refractivity contribution >= 4 is 22.3 Å². The first-order chi connectivity index (χ1) is 10.8. The number of esters is 1. The molecule has 0 saturated heterocycles. The van der Waals surface area contributed by atoms with Crippen molar-refractivity contribution in [2.45, 2.75) is 0 Å². The highest BCUT2D eigenvalue weighted by Crippen LogP contribution is 2.22. The SMILES string of the molecule is O=C(Oc1ccc2ccccc2c1)c1cccn2cncc12. The quantitative estimate of drug-likeness (QED) is 0.417. The molecule has 0 aliphatic heterocycles. The Morgan fingerprint density at radius 3 is 2.77 bits per heavy atom. The molecule has 0 aliphatic carbocycles. The Hall–Kier alpha value is -3.14. The second kappa shape index (κ2) is 5.00. The predicted molar refractivity (Wildman–Crippen MR) is 84.1 cm³/mol. The monoisotopic (exact) mass is 288 g/mol. The molecule has 0 atom stereocenters. The van der Waals surface area contributed by atoms with E-state index < -0.39 is 0 Å². The molecule has 0 aliphatic rings. The van der Waals surface area contributed by atoms with Gasteiger partial charge >= 0.3 is 5.97 Å². The van der Waals surface area contributed by atoms with Crippen LogP contribution in [0.15, 0.2) is 73.3 Å². The third-order valence-corrected chi connectivity index (χ3v) is 3.60. The summed E-state index contributed by atoms with van der Waals surface area (Å²) >= 11 is 0. The molecule has 4 aromatic rings. The van der Waals surface area contributed by atoms with E-state index in [9.17, 15) is 4.79 Å². The van der Waals surface area contributed by atoms with E-state index in [-0.39, 0.29) is 5.97 Å². The van der Waals surface area contributed by atoms with Gasteiger partial charge in [-0.05, 0) is 35.0 Å². The average Bonchev–Trinajstić information content (AvgIpc) is 3.03. The molecular formula is C18H12N2O2. The van der Waals surface area contributed by atoms with Gasteiger partial charge in [0, 0.05) is 6.20 Å². The van der Waals surface area contributed by atoms with Gasteiger partial charge in [0.15, 0.2) is 0 Å². The largest absolute Gasteiger partial charge is 0.423 e. The number of imidazole rings is 1. The average molecular weight is 288 g/mol. The van der Waals surface area contributed by atoms with E-state index in [1.165, 1.54) is 0 Å². The molecular weight excluding hydrogens is 276 g/mol. The first-order valence-corrected chi connectivity index (χ1v) is 6.93. The number of aromatic nitrogens is 2. The Balaban J connectivity index is 1.69. The molecule has 4 rings (SSSR count). The highest BCUT2D eigenvalue weighted by atomic mass is 16.5. The first-order valence-electron chi connectivity index (χ1n) is 6.93. The number of ether oxygens (including phenoxy) is 1. The van der Waals surface area contributed by atoms with Gasteiger partial charge in [0.1, 0.15) is 5.75 Å². The van der Waals surface area contributed by atoms with Gasteiger partial charge in [0.05, 0.1) is 23.6 Å². The van der Waals surface area contributed by atoms with Crippen LogP contribution in [0.4, 0.5) is 0 Å². The second-order valence-electron chi connectivity index (χ2n) is 5.01. The molecule has 22 heavy (non-hydrogen) atoms. The van der Waals surface area contributed by atoms with E-state index in [2.05, 4.69) is 4.98 Å². The Labute approximate surface area is 126 Å². The van der Waals surface area contributed by atoms with Crippen molar-refractivity contribution < 1.29 is 9.53 Å². The van der Waals surface area contributed by atoms with E-state index in [0.29, 0.717) is 11.3 Å². The van der Waals surface area contributed by atoms with Crippen LogP contribution in [0, 0.1) is 0 Å². The Bertz CT molecular complexity index is 988. The van der Waals surface area contributed by atoms with Gasteiger partial charge in [0.25, 0.3) is 0 Å². The number of carbonyl (C=O) groups is 1. The summed E-state index contributed by atoms with van der Waals surface area (Å²) in [7, 11) is 0. The van der Waals surface area contributed by atoms with Gasteiger partial charge in [-0.2, -0.15) is 0 Å². The highest BCUT2D eigenvalue weighted by molar-refractivity contribution is 5.98. The maximum atomic E-state index is 12.4. The maximum absolute atomic E-state index is 12.4. The van der Waals surface area contributed by atoms with E-state index in [4.69, 9.17) is 4.74 Å². The molecule has 0 bridgehead atoms. The van der Waals surface area contributed by atoms with Gasteiger partial charge in [-0.3, -0.25) is 0 Å². The maximum Gasteiger partial charge on any atom is 0.345 e. The number of pyridine rings is 1. The fraction of sp³-hybridized carbons (Fsp3) is 0. The van der Waals surface area contributed by atoms with Gasteiger partial charge < -0.3 is 9.14 Å². The van der Waals surface area contributed by atoms with Crippen molar-refractivity contribution in [1.29, 1.82) is 0 Å². The molecule has 0 radical (unpaired) electrons. The number of nitrogens with zero attached hydrogens (tertiary/aromatic N) is 2. The lowest BCUT2D eigenvalue weighted by atomic mass is 10.1. The highest BCUT2D eigenvalue weighted by Gasteiger charge is 2.13. The minimum atomic E-state index is -0.388. The molecule has 2 aromatic heterocycles. The summed E-state index contributed by atoms with van der Waals surface area (Å²) in [6.07, 6.45) is 5.15. The van der Waals surface area contributed by atoms with Crippen LogP contribution in [0.5, 0.6) is 5.75 Å². The fourth-order valence-electron chi connectivity index (χ4n) is 2.51. The molecule has 2 heterocycles. The van der Waals surface area contributed by atoms with Crippen molar-refractivity contribution in [2.24, 2.45) is 0 Å². The third-order valence-electron chi connectivity index (χ3n) is 3.60. The molecule has 0 N–H and O–H groups in total. The normalized spacial score (nSPS) is 10.9. The summed E-state index contributed by atoms with van der Waals surface area (Å²) in [5.41, 5.74) is 1.22. The number of carbonyl (C=O) groups excluding carboxylic acids is 1. The van der Waals surface area contributed by atoms with Crippen molar-refractivity contribution in [1.82, 2.24) is 9.38 Å². The Morgan fingerprint density at radius 1 is 1.00 bits per heavy atom. The standard InChI is InChI=1S/C18H12N2O2/c21-18(16-6-3-9-20-12-19-11-17(16)20)22-15-8-7-13-4-1-2-5-14(13)10-15/h1-12H. The Kier molecular flexibility index (Phi) is 2.86. The number of hydrogen-bond donors (Lipinski definition) is 0. The smallest absolute Gasteiger partial charge is 0.345 e. The summed E-state index contributed by atoms with van der Waals surface area (Å²) in [6.45, 7) is 0. The zero-order valence-electron chi connectivity index (χ0n) is 11.6. The summed E-state index contributed by atoms with van der Waals surface area (Å²) in [5, 5.41) is 2.15. The molecule has 4 nitrogen and oxygen atoms in total. The van der Waals surface area contributed by atoms with Gasteiger partial charge in [-0.1, -0.05) is 30.3 Å². The summed E-state index contributed by atoms with van der Waals surface area (Å²) in [5.74, 6) is 0.145. The fourth-order valence-corrected chi connectivity index (χ4v) is 2.51. The molecule has 0 amide bonds. The lowest BCUT2D eigenvalue weighted by molar-refractivity contribution is 0.0736. The van der Waals surface area contributed by atoms with Gasteiger partial charge in [-0.25, -0.2) is 9.78 Å². The van der Waals surface area contributed by atoms with E-state index in [1.807, 2.05) is 42.6 Å². The topological polar surface area (TPSA) is 43.6 Å². The molecule has 0 fully saturated rings. The summed E-state index contributed by atoms with van der Waals surface area (Å²) in [6, 6.07) is 17.1. The lowest BCUT2D eigenvalue weighted by Crippen LogP contribution is -2.09. The molecule has 106 valence electrons. The van der Waals surface area contributed by atoms with Crippen LogP contribution in [0.25, 0.3) is 16.3 Å². The van der Waals surface area contributed by atoms with E-state index >= 15 is 0 Å². The zero-order valence-corrected chi connectivity index (χ0v) is 11.6. The lowest BCUT2D eigenvalue weighted by Gasteiger charge is -2.07. The number of benzene rings is 2. The molecule has 4 heteroatoms. The number of hydrogen-bond acceptors (Lipinski definition) is 3. The summed E-state index contributed by atoms with van der Waals surface area (Å²) in [4.78, 5) is 16.4. The second-order valence-corrected chi connectivity index (χ2v) is 5.01. The zero-order chi connectivity index (χ0) is 14.9. The van der Waals surface area contributed by atoms with Crippen LogP contribution in [0.2, 0.25) is 0 Å². The van der Waals surface area contributed by atoms with E-state index in [0.717, 1.165) is 16.3 Å². The minimum Gasteiger partial charge on any atom is -0.423 e. The van der Waals surface area contributed by atoms with Crippen molar-refractivity contribution in [3.63, 3.8) is 0 Å². The van der Waals surface area contributed by atoms with Crippen LogP contribution in [0.1, 0.15) is 10.4 Å². The van der Waals surface area contributed by atoms with Crippen LogP contribution in [-0.2, 0) is 0 Å². The van der Waals surface area contributed by atoms with Crippen molar-refractivity contribution in [3.05, 3.63) is 78.9 Å². The molecule has 0 spiro atoms. The molecule has 0 unspecified atom stereocenters. The first kappa shape index (κ1) is 12.6. The van der Waals surface area contributed by atoms with E-state index in [1.54, 1.807) is 35.1 Å². The minimum absolute atomic E-state index is 0.388. The molecule has 0 saturated carbocycles. The van der Waals surface area contributed by atoms with Crippen molar-refractivity contribution in [2.75, 3.05) is 0 Å².